The molecule has 3 rings (SSSR count). The van der Waals surface area contributed by atoms with Gasteiger partial charge in [0.05, 0.1) is 4.92 Å². The Labute approximate surface area is 109 Å². The monoisotopic (exact) mass is 258 g/mol. The lowest BCUT2D eigenvalue weighted by atomic mass is 10.1. The quantitative estimate of drug-likeness (QED) is 0.613. The zero-order valence-corrected chi connectivity index (χ0v) is 10.0. The minimum atomic E-state index is -0.793. The molecule has 1 aliphatic rings. The lowest BCUT2D eigenvalue weighted by molar-refractivity contribution is -0.386. The maximum absolute atomic E-state index is 13.6. The van der Waals surface area contributed by atoms with Crippen LogP contribution in [-0.2, 0) is 13.1 Å². The van der Waals surface area contributed by atoms with Gasteiger partial charge in [0.25, 0.3) is 0 Å². The summed E-state index contributed by atoms with van der Waals surface area (Å²) in [5.41, 5.74) is 2.14. The first-order valence-electron chi connectivity index (χ1n) is 5.91. The summed E-state index contributed by atoms with van der Waals surface area (Å²) in [6, 6.07) is 12.0. The lowest BCUT2D eigenvalue weighted by Gasteiger charge is -2.17. The predicted molar refractivity (Wildman–Crippen MR) is 69.4 cm³/mol. The van der Waals surface area contributed by atoms with Crippen molar-refractivity contribution in [1.29, 1.82) is 0 Å². The van der Waals surface area contributed by atoms with Crippen LogP contribution in [0.5, 0.6) is 0 Å². The fourth-order valence-electron chi connectivity index (χ4n) is 2.44. The third kappa shape index (κ3) is 1.93. The van der Waals surface area contributed by atoms with Gasteiger partial charge in [0.15, 0.2) is 0 Å². The minimum absolute atomic E-state index is 0.334. The Morgan fingerprint density at radius 1 is 1.05 bits per heavy atom. The molecule has 19 heavy (non-hydrogen) atoms. The largest absolute Gasteiger partial charge is 0.357 e. The summed E-state index contributed by atoms with van der Waals surface area (Å²) in [5, 5.41) is 11.0. The van der Waals surface area contributed by atoms with Crippen molar-refractivity contribution in [3.05, 3.63) is 69.5 Å². The third-order valence-corrected chi connectivity index (χ3v) is 3.33. The van der Waals surface area contributed by atoms with Crippen molar-refractivity contribution in [3.63, 3.8) is 0 Å². The van der Waals surface area contributed by atoms with E-state index in [9.17, 15) is 14.5 Å². The number of nitro benzene ring substituents is 1. The number of anilines is 1. The number of nitro groups is 1. The Kier molecular flexibility index (Phi) is 2.67. The van der Waals surface area contributed by atoms with Crippen LogP contribution in [0.15, 0.2) is 42.5 Å². The van der Waals surface area contributed by atoms with E-state index in [1.165, 1.54) is 6.07 Å². The molecule has 0 unspecified atom stereocenters. The Balaban J connectivity index is 2.02. The molecular formula is C14H11FN2O2. The molecule has 2 aromatic carbocycles. The molecular weight excluding hydrogens is 247 g/mol. The number of hydrogen-bond acceptors (Lipinski definition) is 3. The Morgan fingerprint density at radius 3 is 2.26 bits per heavy atom. The molecule has 0 aliphatic carbocycles. The smallest absolute Gasteiger partial charge is 0.327 e. The molecule has 0 saturated heterocycles. The number of para-hydroxylation sites is 1. The third-order valence-electron chi connectivity index (χ3n) is 3.33. The van der Waals surface area contributed by atoms with Crippen molar-refractivity contribution in [1.82, 2.24) is 0 Å². The molecule has 2 aromatic rings. The van der Waals surface area contributed by atoms with Crippen LogP contribution < -0.4 is 4.90 Å². The van der Waals surface area contributed by atoms with Gasteiger partial charge in [-0.05, 0) is 23.3 Å². The summed E-state index contributed by atoms with van der Waals surface area (Å²) in [5.74, 6) is -0.793. The molecule has 4 nitrogen and oxygen atoms in total. The summed E-state index contributed by atoms with van der Waals surface area (Å²) in [6.45, 7) is 1.14. The van der Waals surface area contributed by atoms with Gasteiger partial charge < -0.3 is 4.90 Å². The SMILES string of the molecule is O=[N+]([O-])c1c(F)cccc1N1Cc2ccccc2C1. The van der Waals surface area contributed by atoms with E-state index in [0.29, 0.717) is 18.8 Å². The van der Waals surface area contributed by atoms with Crippen LogP contribution in [0.1, 0.15) is 11.1 Å². The molecule has 0 aromatic heterocycles. The van der Waals surface area contributed by atoms with Crippen molar-refractivity contribution in [2.45, 2.75) is 13.1 Å². The van der Waals surface area contributed by atoms with Crippen LogP contribution in [0.3, 0.4) is 0 Å². The molecule has 0 spiro atoms. The maximum Gasteiger partial charge on any atom is 0.327 e. The van der Waals surface area contributed by atoms with Gasteiger partial charge in [0, 0.05) is 13.1 Å². The molecule has 1 heterocycles. The van der Waals surface area contributed by atoms with Crippen LogP contribution >= 0.6 is 0 Å². The fraction of sp³-hybridized carbons (Fsp3) is 0.143. The van der Waals surface area contributed by atoms with E-state index in [-0.39, 0.29) is 0 Å². The van der Waals surface area contributed by atoms with Crippen molar-refractivity contribution >= 4 is 11.4 Å². The van der Waals surface area contributed by atoms with Gasteiger partial charge in [0.2, 0.25) is 5.82 Å². The summed E-state index contributed by atoms with van der Waals surface area (Å²) >= 11 is 0. The highest BCUT2D eigenvalue weighted by atomic mass is 19.1. The Bertz CT molecular complexity index is 633. The van der Waals surface area contributed by atoms with E-state index in [0.717, 1.165) is 17.2 Å². The van der Waals surface area contributed by atoms with Crippen molar-refractivity contribution in [2.75, 3.05) is 4.90 Å². The van der Waals surface area contributed by atoms with Gasteiger partial charge in [-0.25, -0.2) is 0 Å². The Hall–Kier alpha value is -2.43. The van der Waals surface area contributed by atoms with E-state index < -0.39 is 16.4 Å². The van der Waals surface area contributed by atoms with Crippen LogP contribution in [0, 0.1) is 15.9 Å². The number of hydrogen-bond donors (Lipinski definition) is 0. The second kappa shape index (κ2) is 4.35. The second-order valence-electron chi connectivity index (χ2n) is 4.49. The number of benzene rings is 2. The van der Waals surface area contributed by atoms with Crippen molar-refractivity contribution < 1.29 is 9.31 Å². The fourth-order valence-corrected chi connectivity index (χ4v) is 2.44. The molecule has 0 amide bonds. The highest BCUT2D eigenvalue weighted by molar-refractivity contribution is 5.65. The molecule has 5 heteroatoms. The average Bonchev–Trinajstić information content (AvgIpc) is 2.81. The van der Waals surface area contributed by atoms with Gasteiger partial charge >= 0.3 is 5.69 Å². The molecule has 0 bridgehead atoms. The molecule has 96 valence electrons. The maximum atomic E-state index is 13.6. The first kappa shape index (κ1) is 11.6. The van der Waals surface area contributed by atoms with Crippen LogP contribution in [0.4, 0.5) is 15.8 Å². The Morgan fingerprint density at radius 2 is 1.68 bits per heavy atom. The van der Waals surface area contributed by atoms with Gasteiger partial charge in [-0.3, -0.25) is 10.1 Å². The van der Waals surface area contributed by atoms with Gasteiger partial charge in [-0.1, -0.05) is 30.3 Å². The second-order valence-corrected chi connectivity index (χ2v) is 4.49. The van der Waals surface area contributed by atoms with E-state index >= 15 is 0 Å². The van der Waals surface area contributed by atoms with Crippen molar-refractivity contribution in [2.24, 2.45) is 0 Å². The lowest BCUT2D eigenvalue weighted by Crippen LogP contribution is -2.16. The minimum Gasteiger partial charge on any atom is -0.357 e. The molecule has 0 atom stereocenters. The number of fused-ring (bicyclic) bond motifs is 1. The molecule has 0 saturated carbocycles. The molecule has 0 radical (unpaired) electrons. The summed E-state index contributed by atoms with van der Waals surface area (Å²) in [7, 11) is 0. The summed E-state index contributed by atoms with van der Waals surface area (Å²) < 4.78 is 13.6. The normalized spacial score (nSPS) is 13.4. The summed E-state index contributed by atoms with van der Waals surface area (Å²) in [4.78, 5) is 12.2. The van der Waals surface area contributed by atoms with Crippen molar-refractivity contribution in [3.8, 4) is 0 Å². The van der Waals surface area contributed by atoms with E-state index in [1.54, 1.807) is 6.07 Å². The summed E-state index contributed by atoms with van der Waals surface area (Å²) in [6.07, 6.45) is 0. The highest BCUT2D eigenvalue weighted by Crippen LogP contribution is 2.35. The van der Waals surface area contributed by atoms with Crippen LogP contribution in [-0.4, -0.2) is 4.92 Å². The van der Waals surface area contributed by atoms with Crippen LogP contribution in [0.2, 0.25) is 0 Å². The number of nitrogens with zero attached hydrogens (tertiary/aromatic N) is 2. The standard InChI is InChI=1S/C14H11FN2O2/c15-12-6-3-7-13(14(12)17(18)19)16-8-10-4-1-2-5-11(10)9-16/h1-7H,8-9H2. The zero-order valence-electron chi connectivity index (χ0n) is 10.0. The van der Waals surface area contributed by atoms with Gasteiger partial charge in [-0.2, -0.15) is 4.39 Å². The van der Waals surface area contributed by atoms with E-state index in [2.05, 4.69) is 0 Å². The molecule has 0 N–H and O–H groups in total. The van der Waals surface area contributed by atoms with E-state index in [1.807, 2.05) is 29.2 Å². The van der Waals surface area contributed by atoms with Gasteiger partial charge in [0.1, 0.15) is 5.69 Å². The number of rotatable bonds is 2. The predicted octanol–water partition coefficient (Wildman–Crippen LogP) is 3.25. The molecule has 0 fully saturated rings. The number of halogens is 1. The van der Waals surface area contributed by atoms with Gasteiger partial charge in [-0.15, -0.1) is 0 Å². The molecule has 1 aliphatic heterocycles. The average molecular weight is 258 g/mol. The van der Waals surface area contributed by atoms with Crippen LogP contribution in [0.25, 0.3) is 0 Å². The first-order valence-corrected chi connectivity index (χ1v) is 5.91. The first-order chi connectivity index (χ1) is 9.16. The zero-order chi connectivity index (χ0) is 13.4. The van der Waals surface area contributed by atoms with E-state index in [4.69, 9.17) is 0 Å². The highest BCUT2D eigenvalue weighted by Gasteiger charge is 2.27. The topological polar surface area (TPSA) is 46.4 Å².